The zero-order valence-electron chi connectivity index (χ0n) is 13.8. The van der Waals surface area contributed by atoms with E-state index in [-0.39, 0.29) is 0 Å². The molecular formula is C20H22N3. The van der Waals surface area contributed by atoms with Crippen LogP contribution in [0.2, 0.25) is 0 Å². The minimum Gasteiger partial charge on any atom is -0.295 e. The summed E-state index contributed by atoms with van der Waals surface area (Å²) in [6.45, 7) is 4.37. The van der Waals surface area contributed by atoms with Crippen molar-refractivity contribution in [3.05, 3.63) is 53.6 Å². The highest BCUT2D eigenvalue weighted by Gasteiger charge is 2.22. The van der Waals surface area contributed by atoms with Crippen LogP contribution in [0, 0.1) is 20.0 Å². The second-order valence-corrected chi connectivity index (χ2v) is 6.69. The van der Waals surface area contributed by atoms with Gasteiger partial charge < -0.3 is 0 Å². The molecule has 23 heavy (non-hydrogen) atoms. The Balaban J connectivity index is 1.90. The molecule has 0 amide bonds. The highest BCUT2D eigenvalue weighted by molar-refractivity contribution is 5.65. The van der Waals surface area contributed by atoms with Gasteiger partial charge in [-0.05, 0) is 56.4 Å². The summed E-state index contributed by atoms with van der Waals surface area (Å²) in [7, 11) is 0. The molecule has 1 fully saturated rings. The summed E-state index contributed by atoms with van der Waals surface area (Å²) >= 11 is 0. The molecule has 1 saturated carbocycles. The topological polar surface area (TPSA) is 30.2 Å². The van der Waals surface area contributed by atoms with Gasteiger partial charge in [0.25, 0.3) is 0 Å². The average molecular weight is 304 g/mol. The number of imidazole rings is 1. The van der Waals surface area contributed by atoms with E-state index in [0.717, 1.165) is 16.9 Å². The van der Waals surface area contributed by atoms with Crippen molar-refractivity contribution in [2.75, 3.05) is 0 Å². The smallest absolute Gasteiger partial charge is 0.142 e. The molecule has 0 aromatic carbocycles. The molecule has 117 valence electrons. The zero-order valence-corrected chi connectivity index (χ0v) is 13.8. The summed E-state index contributed by atoms with van der Waals surface area (Å²) in [6.07, 6.45) is 13.7. The second-order valence-electron chi connectivity index (χ2n) is 6.69. The van der Waals surface area contributed by atoms with Crippen LogP contribution in [0.1, 0.15) is 54.8 Å². The van der Waals surface area contributed by atoms with Gasteiger partial charge in [-0.25, -0.2) is 4.98 Å². The number of nitrogens with zero attached hydrogens (tertiary/aromatic N) is 3. The van der Waals surface area contributed by atoms with Gasteiger partial charge in [-0.1, -0.05) is 19.3 Å². The summed E-state index contributed by atoms with van der Waals surface area (Å²) in [5, 5.41) is 0. The van der Waals surface area contributed by atoms with Crippen molar-refractivity contribution < 1.29 is 0 Å². The molecule has 0 saturated heterocycles. The molecule has 3 heterocycles. The molecule has 3 aromatic rings. The predicted octanol–water partition coefficient (Wildman–Crippen LogP) is 4.86. The highest BCUT2D eigenvalue weighted by Crippen LogP contribution is 2.37. The third-order valence-corrected chi connectivity index (χ3v) is 5.04. The Hall–Kier alpha value is -2.16. The Kier molecular flexibility index (Phi) is 3.64. The number of aromatic nitrogens is 3. The van der Waals surface area contributed by atoms with Gasteiger partial charge in [0, 0.05) is 29.2 Å². The zero-order chi connectivity index (χ0) is 15.8. The van der Waals surface area contributed by atoms with Crippen LogP contribution in [0.5, 0.6) is 0 Å². The standard InChI is InChI=1S/C20H22N3/c1-14-11-15(2)23-13-18(17-9-6-10-21-12-17)22-20(23)19(14)16-7-4-3-5-8-16/h6,9-12,16H,3-5,7-8H2,1-2H3. The molecule has 0 unspecified atom stereocenters. The lowest BCUT2D eigenvalue weighted by molar-refractivity contribution is 0.443. The summed E-state index contributed by atoms with van der Waals surface area (Å²) < 4.78 is 2.14. The molecule has 0 spiro atoms. The highest BCUT2D eigenvalue weighted by atomic mass is 15.0. The first-order valence-corrected chi connectivity index (χ1v) is 8.56. The third-order valence-electron chi connectivity index (χ3n) is 5.04. The number of hydrogen-bond donors (Lipinski definition) is 0. The summed E-state index contributed by atoms with van der Waals surface area (Å²) in [4.78, 5) is 9.16. The van der Waals surface area contributed by atoms with Crippen molar-refractivity contribution in [1.29, 1.82) is 0 Å². The first-order valence-electron chi connectivity index (χ1n) is 8.56. The Morgan fingerprint density at radius 3 is 2.74 bits per heavy atom. The Bertz CT molecular complexity index is 827. The number of pyridine rings is 2. The Labute approximate surface area is 137 Å². The van der Waals surface area contributed by atoms with Crippen LogP contribution in [0.15, 0.2) is 30.6 Å². The van der Waals surface area contributed by atoms with Crippen LogP contribution < -0.4 is 0 Å². The Morgan fingerprint density at radius 2 is 2.00 bits per heavy atom. The normalized spacial score (nSPS) is 16.1. The van der Waals surface area contributed by atoms with Crippen molar-refractivity contribution in [2.24, 2.45) is 0 Å². The lowest BCUT2D eigenvalue weighted by Gasteiger charge is -2.24. The maximum atomic E-state index is 4.95. The first-order chi connectivity index (χ1) is 11.2. The van der Waals surface area contributed by atoms with Crippen LogP contribution >= 0.6 is 0 Å². The van der Waals surface area contributed by atoms with Gasteiger partial charge in [0.1, 0.15) is 17.5 Å². The van der Waals surface area contributed by atoms with Crippen LogP contribution in [-0.4, -0.2) is 14.4 Å². The van der Waals surface area contributed by atoms with Gasteiger partial charge in [-0.2, -0.15) is 0 Å². The molecule has 0 atom stereocenters. The van der Waals surface area contributed by atoms with Crippen molar-refractivity contribution in [3.8, 4) is 11.3 Å². The van der Waals surface area contributed by atoms with E-state index in [1.165, 1.54) is 48.9 Å². The van der Waals surface area contributed by atoms with E-state index in [2.05, 4.69) is 35.5 Å². The lowest BCUT2D eigenvalue weighted by atomic mass is 9.82. The van der Waals surface area contributed by atoms with Gasteiger partial charge in [0.15, 0.2) is 0 Å². The largest absolute Gasteiger partial charge is 0.295 e. The predicted molar refractivity (Wildman–Crippen MR) is 92.6 cm³/mol. The third kappa shape index (κ3) is 2.54. The maximum absolute atomic E-state index is 4.95. The Morgan fingerprint density at radius 1 is 1.17 bits per heavy atom. The molecule has 0 N–H and O–H groups in total. The molecular weight excluding hydrogens is 282 g/mol. The van der Waals surface area contributed by atoms with Crippen LogP contribution in [-0.2, 0) is 0 Å². The first kappa shape index (κ1) is 14.4. The molecule has 1 aliphatic carbocycles. The summed E-state index contributed by atoms with van der Waals surface area (Å²) in [6, 6.07) is 6.28. The van der Waals surface area contributed by atoms with Crippen LogP contribution in [0.3, 0.4) is 0 Å². The van der Waals surface area contributed by atoms with Gasteiger partial charge >= 0.3 is 0 Å². The lowest BCUT2D eigenvalue weighted by Crippen LogP contribution is -2.09. The van der Waals surface area contributed by atoms with Crippen molar-refractivity contribution in [2.45, 2.75) is 51.9 Å². The molecule has 4 rings (SSSR count). The number of fused-ring (bicyclic) bond motifs is 1. The summed E-state index contributed by atoms with van der Waals surface area (Å²) in [5.41, 5.74) is 7.01. The van der Waals surface area contributed by atoms with Gasteiger partial charge in [-0.3, -0.25) is 9.38 Å². The van der Waals surface area contributed by atoms with E-state index in [1.54, 1.807) is 6.20 Å². The average Bonchev–Trinajstić information content (AvgIpc) is 3.02. The quantitative estimate of drug-likeness (QED) is 0.676. The fourth-order valence-electron chi connectivity index (χ4n) is 3.94. The fraction of sp³-hybridized carbons (Fsp3) is 0.400. The number of rotatable bonds is 2. The van der Waals surface area contributed by atoms with Crippen molar-refractivity contribution >= 4 is 5.65 Å². The fourth-order valence-corrected chi connectivity index (χ4v) is 3.94. The van der Waals surface area contributed by atoms with Gasteiger partial charge in [-0.15, -0.1) is 0 Å². The number of aryl methyl sites for hydroxylation is 2. The van der Waals surface area contributed by atoms with E-state index in [9.17, 15) is 0 Å². The molecule has 1 aliphatic rings. The van der Waals surface area contributed by atoms with E-state index < -0.39 is 0 Å². The molecule has 0 bridgehead atoms. The minimum absolute atomic E-state index is 0.643. The second kappa shape index (κ2) is 5.80. The SMILES string of the molecule is Cc1cc(C)n2[c]c(-c3cccnc3)nc2c1C1CCCCC1. The molecule has 0 aliphatic heterocycles. The monoisotopic (exact) mass is 304 g/mol. The van der Waals surface area contributed by atoms with E-state index in [4.69, 9.17) is 4.98 Å². The van der Waals surface area contributed by atoms with Gasteiger partial charge in [0.05, 0.1) is 0 Å². The van der Waals surface area contributed by atoms with Crippen LogP contribution in [0.4, 0.5) is 0 Å². The molecule has 3 nitrogen and oxygen atoms in total. The minimum atomic E-state index is 0.643. The number of hydrogen-bond acceptors (Lipinski definition) is 2. The summed E-state index contributed by atoms with van der Waals surface area (Å²) in [5.74, 6) is 0.643. The van der Waals surface area contributed by atoms with Crippen molar-refractivity contribution in [3.63, 3.8) is 0 Å². The maximum Gasteiger partial charge on any atom is 0.142 e. The van der Waals surface area contributed by atoms with Crippen molar-refractivity contribution in [1.82, 2.24) is 14.4 Å². The molecule has 3 heteroatoms. The van der Waals surface area contributed by atoms with E-state index >= 15 is 0 Å². The van der Waals surface area contributed by atoms with E-state index in [1.807, 2.05) is 18.3 Å². The van der Waals surface area contributed by atoms with Gasteiger partial charge in [0.2, 0.25) is 0 Å². The van der Waals surface area contributed by atoms with E-state index in [0.29, 0.717) is 5.92 Å². The molecule has 1 radical (unpaired) electrons. The molecule has 3 aromatic heterocycles. The van der Waals surface area contributed by atoms with Crippen LogP contribution in [0.25, 0.3) is 16.9 Å².